The molecule has 0 rings (SSSR count). The van der Waals surface area contributed by atoms with Gasteiger partial charge in [0.25, 0.3) is 0 Å². The fourth-order valence-corrected chi connectivity index (χ4v) is 5.51. The molecule has 0 heterocycles. The number of carbonyl (C=O) groups excluding carboxylic acids is 3. The smallest absolute Gasteiger partial charge is 0.316 e. The number of carbonyl (C=O) groups is 3. The maximum atomic E-state index is 12.4. The number of unbranched alkanes of at least 4 members (excludes halogenated alkanes) is 12. The zero-order valence-electron chi connectivity index (χ0n) is 31.5. The summed E-state index contributed by atoms with van der Waals surface area (Å²) in [7, 11) is 3.52. The fraction of sp³-hybridized carbons (Fsp3) is 0.872. The van der Waals surface area contributed by atoms with Crippen molar-refractivity contribution in [2.24, 2.45) is 0 Å². The molecule has 0 aromatic heterocycles. The van der Waals surface area contributed by atoms with Gasteiger partial charge in [-0.3, -0.25) is 9.59 Å². The van der Waals surface area contributed by atoms with Gasteiger partial charge in [0, 0.05) is 40.0 Å². The van der Waals surface area contributed by atoms with Crippen LogP contribution in [0.3, 0.4) is 0 Å². The average Bonchev–Trinajstić information content (AvgIpc) is 3.05. The Labute approximate surface area is 290 Å². The van der Waals surface area contributed by atoms with Crippen LogP contribution in [0.2, 0.25) is 0 Å². The molecule has 47 heavy (non-hydrogen) atoms. The predicted octanol–water partition coefficient (Wildman–Crippen LogP) is 9.60. The highest BCUT2D eigenvalue weighted by Gasteiger charge is 2.13. The average molecular weight is 666 g/mol. The molecule has 8 nitrogen and oxygen atoms in total. The lowest BCUT2D eigenvalue weighted by atomic mass is 10.1. The van der Waals surface area contributed by atoms with Crippen molar-refractivity contribution in [2.75, 3.05) is 46.9 Å². The molecule has 8 heteroatoms. The minimum atomic E-state index is -0.0489. The third-order valence-electron chi connectivity index (χ3n) is 8.54. The van der Waals surface area contributed by atoms with Crippen LogP contribution in [0.4, 0.5) is 4.79 Å². The topological polar surface area (TPSA) is 88.2 Å². The van der Waals surface area contributed by atoms with Crippen LogP contribution >= 0.6 is 0 Å². The van der Waals surface area contributed by atoms with E-state index in [1.54, 1.807) is 19.0 Å². The summed E-state index contributed by atoms with van der Waals surface area (Å²) in [5.41, 5.74) is 0. The quantitative estimate of drug-likeness (QED) is 0.0427. The first-order chi connectivity index (χ1) is 22.8. The second kappa shape index (κ2) is 33.8. The lowest BCUT2D eigenvalue weighted by molar-refractivity contribution is -0.150. The van der Waals surface area contributed by atoms with Crippen molar-refractivity contribution in [3.05, 3.63) is 12.2 Å². The van der Waals surface area contributed by atoms with Crippen LogP contribution in [0.15, 0.2) is 12.2 Å². The van der Waals surface area contributed by atoms with Crippen molar-refractivity contribution < 1.29 is 23.9 Å². The van der Waals surface area contributed by atoms with E-state index in [-0.39, 0.29) is 24.1 Å². The van der Waals surface area contributed by atoms with Gasteiger partial charge in [-0.1, -0.05) is 104 Å². The monoisotopic (exact) mass is 666 g/mol. The first kappa shape index (κ1) is 44.9. The second-order valence-corrected chi connectivity index (χ2v) is 13.4. The lowest BCUT2D eigenvalue weighted by Crippen LogP contribution is -2.36. The highest BCUT2D eigenvalue weighted by molar-refractivity contribution is 5.73. The van der Waals surface area contributed by atoms with E-state index >= 15 is 0 Å². The molecule has 1 N–H and O–H groups in total. The minimum Gasteiger partial charge on any atom is -0.466 e. The van der Waals surface area contributed by atoms with Gasteiger partial charge in [-0.2, -0.15) is 0 Å². The van der Waals surface area contributed by atoms with E-state index in [2.05, 4.69) is 43.1 Å². The van der Waals surface area contributed by atoms with Crippen LogP contribution in [0, 0.1) is 0 Å². The van der Waals surface area contributed by atoms with Crippen LogP contribution in [0.25, 0.3) is 0 Å². The Balaban J connectivity index is 4.31. The summed E-state index contributed by atoms with van der Waals surface area (Å²) < 4.78 is 11.2. The molecule has 0 saturated carbocycles. The number of nitrogens with zero attached hydrogens (tertiary/aromatic N) is 2. The van der Waals surface area contributed by atoms with Crippen LogP contribution < -0.4 is 5.32 Å². The maximum absolute atomic E-state index is 12.4. The van der Waals surface area contributed by atoms with Crippen LogP contribution in [0.5, 0.6) is 0 Å². The van der Waals surface area contributed by atoms with Crippen molar-refractivity contribution in [1.29, 1.82) is 0 Å². The lowest BCUT2D eigenvalue weighted by Gasteiger charge is -2.22. The van der Waals surface area contributed by atoms with Gasteiger partial charge in [-0.05, 0) is 77.3 Å². The maximum Gasteiger partial charge on any atom is 0.316 e. The molecule has 0 bridgehead atoms. The zero-order chi connectivity index (χ0) is 34.8. The van der Waals surface area contributed by atoms with Gasteiger partial charge in [0.1, 0.15) is 6.10 Å². The number of ether oxygens (including phenoxy) is 2. The van der Waals surface area contributed by atoms with Crippen LogP contribution in [-0.2, 0) is 19.1 Å². The number of hydrogen-bond acceptors (Lipinski definition) is 6. The van der Waals surface area contributed by atoms with E-state index < -0.39 is 0 Å². The Morgan fingerprint density at radius 2 is 1.21 bits per heavy atom. The molecule has 0 aliphatic carbocycles. The molecule has 0 aliphatic heterocycles. The van der Waals surface area contributed by atoms with E-state index in [1.165, 1.54) is 32.1 Å². The summed E-state index contributed by atoms with van der Waals surface area (Å²) in [5, 5.41) is 2.97. The summed E-state index contributed by atoms with van der Waals surface area (Å²) in [6.07, 6.45) is 28.2. The van der Waals surface area contributed by atoms with Crippen molar-refractivity contribution in [2.45, 2.75) is 175 Å². The van der Waals surface area contributed by atoms with Crippen LogP contribution in [-0.4, -0.2) is 80.8 Å². The zero-order valence-corrected chi connectivity index (χ0v) is 31.5. The first-order valence-electron chi connectivity index (χ1n) is 19.5. The molecule has 1 atom stereocenters. The van der Waals surface area contributed by atoms with Gasteiger partial charge in [0.2, 0.25) is 0 Å². The molecule has 276 valence electrons. The van der Waals surface area contributed by atoms with E-state index in [4.69, 9.17) is 9.47 Å². The predicted molar refractivity (Wildman–Crippen MR) is 197 cm³/mol. The Bertz CT molecular complexity index is 774. The number of hydrogen-bond donors (Lipinski definition) is 1. The molecule has 0 fully saturated rings. The summed E-state index contributed by atoms with van der Waals surface area (Å²) in [6.45, 7) is 10.8. The van der Waals surface area contributed by atoms with Gasteiger partial charge in [-0.25, -0.2) is 4.79 Å². The van der Waals surface area contributed by atoms with E-state index in [1.807, 2.05) is 0 Å². The van der Waals surface area contributed by atoms with Gasteiger partial charge in [0.05, 0.1) is 6.61 Å². The third-order valence-corrected chi connectivity index (χ3v) is 8.54. The van der Waals surface area contributed by atoms with E-state index in [0.29, 0.717) is 26.0 Å². The molecular formula is C39H75N3O5. The van der Waals surface area contributed by atoms with Gasteiger partial charge in [0.15, 0.2) is 0 Å². The number of esters is 2. The Morgan fingerprint density at radius 1 is 0.617 bits per heavy atom. The van der Waals surface area contributed by atoms with Crippen LogP contribution in [0.1, 0.15) is 168 Å². The second-order valence-electron chi connectivity index (χ2n) is 13.4. The summed E-state index contributed by atoms with van der Waals surface area (Å²) in [4.78, 5) is 40.3. The number of rotatable bonds is 33. The van der Waals surface area contributed by atoms with Crippen molar-refractivity contribution >= 4 is 18.0 Å². The molecule has 2 amide bonds. The van der Waals surface area contributed by atoms with E-state index in [9.17, 15) is 14.4 Å². The van der Waals surface area contributed by atoms with E-state index in [0.717, 1.165) is 122 Å². The molecular weight excluding hydrogens is 590 g/mol. The number of nitrogens with one attached hydrogen (secondary N) is 1. The number of allylic oxidation sites excluding steroid dienone is 1. The molecule has 0 aromatic carbocycles. The molecule has 0 radical (unpaired) electrons. The summed E-state index contributed by atoms with van der Waals surface area (Å²) >= 11 is 0. The van der Waals surface area contributed by atoms with Gasteiger partial charge < -0.3 is 24.6 Å². The highest BCUT2D eigenvalue weighted by Crippen LogP contribution is 2.15. The molecule has 1 unspecified atom stereocenters. The fourth-order valence-electron chi connectivity index (χ4n) is 5.51. The Hall–Kier alpha value is -2.09. The first-order valence-corrected chi connectivity index (χ1v) is 19.5. The van der Waals surface area contributed by atoms with Gasteiger partial charge in [-0.15, -0.1) is 0 Å². The Morgan fingerprint density at radius 3 is 1.96 bits per heavy atom. The molecule has 0 saturated heterocycles. The normalized spacial score (nSPS) is 12.0. The number of urea groups is 1. The summed E-state index contributed by atoms with van der Waals surface area (Å²) in [6, 6.07) is -0.0489. The summed E-state index contributed by atoms with van der Waals surface area (Å²) in [5.74, 6) is -0.0912. The highest BCUT2D eigenvalue weighted by atomic mass is 16.5. The minimum absolute atomic E-state index is 0.0448. The van der Waals surface area contributed by atoms with Crippen molar-refractivity contribution in [3.8, 4) is 0 Å². The molecule has 0 spiro atoms. The van der Waals surface area contributed by atoms with Crippen molar-refractivity contribution in [1.82, 2.24) is 15.1 Å². The van der Waals surface area contributed by atoms with Gasteiger partial charge >= 0.3 is 18.0 Å². The standard InChI is InChI=1S/C39H75N3O5/c1-6-9-12-19-25-35-46-37(43)29-21-15-13-17-23-32-42(34-26-31-40-39(45)41(4)5)33-24-18-14-16-22-30-38(44)47-36(27-11-8-3)28-20-10-7-2/h14,18,36H,6-13,15-17,19-35H2,1-5H3,(H,40,45)/b18-14+. The van der Waals surface area contributed by atoms with Crippen molar-refractivity contribution in [3.63, 3.8) is 0 Å². The largest absolute Gasteiger partial charge is 0.466 e. The number of amides is 2. The molecule has 0 aliphatic rings. The third kappa shape index (κ3) is 31.0. The molecule has 0 aromatic rings. The SMILES string of the molecule is CCCCCCCOC(=O)CCCCCCCN(CC/C=C/CCCC(=O)OC(CCCC)CCCCC)CCCNC(=O)N(C)C. The Kier molecular flexibility index (Phi) is 32.3.